The fraction of sp³-hybridized carbons (Fsp3) is 0.0617. The van der Waals surface area contributed by atoms with Crippen LogP contribution in [0.5, 0.6) is 34.5 Å². The van der Waals surface area contributed by atoms with E-state index in [-0.39, 0.29) is 112 Å². The number of ether oxygens (including phenoxy) is 4. The van der Waals surface area contributed by atoms with Gasteiger partial charge in [0, 0.05) is 46.9 Å². The topological polar surface area (TPSA) is 255 Å². The molecule has 0 spiro atoms. The van der Waals surface area contributed by atoms with Gasteiger partial charge in [-0.2, -0.15) is 0 Å². The Morgan fingerprint density at radius 1 is 0.356 bits per heavy atom. The molecule has 0 aliphatic carbocycles. The number of rotatable bonds is 18. The molecule has 4 aliphatic heterocycles. The van der Waals surface area contributed by atoms with Gasteiger partial charge < -0.3 is 18.9 Å². The lowest BCUT2D eigenvalue weighted by Crippen LogP contribution is -2.30. The molecule has 0 aromatic heterocycles. The van der Waals surface area contributed by atoms with Gasteiger partial charge in [0.2, 0.25) is 0 Å². The molecule has 4 aliphatic rings. The van der Waals surface area contributed by atoms with Crippen molar-refractivity contribution < 1.29 is 76.5 Å². The summed E-state index contributed by atoms with van der Waals surface area (Å²) in [5.41, 5.74) is 2.82. The van der Waals surface area contributed by atoms with Crippen molar-refractivity contribution in [3.8, 4) is 45.6 Å². The van der Waals surface area contributed by atoms with Crippen LogP contribution in [0.25, 0.3) is 11.1 Å². The molecule has 4 heterocycles. The summed E-state index contributed by atoms with van der Waals surface area (Å²) in [5.74, 6) is -7.30. The summed E-state index contributed by atoms with van der Waals surface area (Å²) in [6.45, 7) is 13.2. The molecular weight excluding hydrogens is 1280 g/mol. The molecule has 0 radical (unpaired) electrons. The Morgan fingerprint density at radius 2 is 0.663 bits per heavy atom. The first kappa shape index (κ1) is 64.5. The summed E-state index contributed by atoms with van der Waals surface area (Å²) in [5, 5.41) is 0. The van der Waals surface area contributed by atoms with Crippen LogP contribution in [0.3, 0.4) is 0 Å². The predicted octanol–water partition coefficient (Wildman–Crippen LogP) is 13.8. The van der Waals surface area contributed by atoms with E-state index in [1.807, 2.05) is 79.7 Å². The second-order valence-corrected chi connectivity index (χ2v) is 24.5. The van der Waals surface area contributed by atoms with Crippen LogP contribution in [0, 0.1) is 6.92 Å². The molecule has 0 fully saturated rings. The summed E-state index contributed by atoms with van der Waals surface area (Å²) in [6, 6.07) is 53.8. The monoisotopic (exact) mass is 1340 g/mol. The maximum absolute atomic E-state index is 14.5. The third-order valence-electron chi connectivity index (χ3n) is 18.0. The van der Waals surface area contributed by atoms with Gasteiger partial charge in [-0.05, 0) is 163 Å². The number of amides is 8. The van der Waals surface area contributed by atoms with Crippen molar-refractivity contribution in [2.45, 2.75) is 26.2 Å². The summed E-state index contributed by atoms with van der Waals surface area (Å²) in [4.78, 5) is 168. The molecule has 0 N–H and O–H groups in total. The molecule has 20 heteroatoms. The van der Waals surface area contributed by atoms with Crippen LogP contribution >= 0.6 is 0 Å². The molecule has 10 aromatic carbocycles. The minimum Gasteiger partial charge on any atom is -0.457 e. The Balaban J connectivity index is 0.660. The number of aryl methyl sites for hydroxylation is 1. The van der Waals surface area contributed by atoms with Crippen molar-refractivity contribution in [3.63, 3.8) is 0 Å². The van der Waals surface area contributed by atoms with Gasteiger partial charge in [0.1, 0.15) is 23.0 Å². The summed E-state index contributed by atoms with van der Waals surface area (Å²) in [7, 11) is 1.32. The number of imide groups is 4. The second-order valence-electron chi connectivity index (χ2n) is 24.5. The smallest absolute Gasteiger partial charge is 0.335 e. The van der Waals surface area contributed by atoms with Gasteiger partial charge in [0.05, 0.1) is 61.6 Å². The first-order chi connectivity index (χ1) is 48.5. The molecule has 14 rings (SSSR count). The highest BCUT2D eigenvalue weighted by atomic mass is 16.5. The molecule has 10 aromatic rings. The normalized spacial score (nSPS) is 13.7. The highest BCUT2D eigenvalue weighted by Crippen LogP contribution is 2.44. The summed E-state index contributed by atoms with van der Waals surface area (Å²) < 4.78 is 23.5. The zero-order chi connectivity index (χ0) is 71.0. The van der Waals surface area contributed by atoms with Crippen LogP contribution in [-0.2, 0) is 15.0 Å². The molecule has 492 valence electrons. The Bertz CT molecular complexity index is 5420. The number of carbonyl (C=O) groups is 12. The van der Waals surface area contributed by atoms with Crippen LogP contribution < -0.4 is 33.6 Å². The van der Waals surface area contributed by atoms with Gasteiger partial charge in [-0.1, -0.05) is 105 Å². The van der Waals surface area contributed by atoms with Crippen LogP contribution in [0.15, 0.2) is 232 Å². The van der Waals surface area contributed by atoms with Crippen molar-refractivity contribution in [1.29, 1.82) is 0 Å². The number of carbonyl (C=O) groups excluding carboxylic acids is 12. The lowest BCUT2D eigenvalue weighted by molar-refractivity contribution is -0.129. The first-order valence-corrected chi connectivity index (χ1v) is 31.3. The minimum atomic E-state index is -0.991. The fourth-order valence-electron chi connectivity index (χ4n) is 12.5. The Morgan fingerprint density at radius 3 is 1.04 bits per heavy atom. The van der Waals surface area contributed by atoms with E-state index in [2.05, 4.69) is 27.0 Å². The number of esters is 2. The van der Waals surface area contributed by atoms with Crippen molar-refractivity contribution in [2.75, 3.05) is 21.7 Å². The largest absolute Gasteiger partial charge is 0.457 e. The number of hydrogen-bond acceptors (Lipinski definition) is 16. The Hall–Kier alpha value is -13.9. The molecule has 0 saturated heterocycles. The average molecular weight is 1340 g/mol. The van der Waals surface area contributed by atoms with Gasteiger partial charge >= 0.3 is 11.9 Å². The molecule has 0 atom stereocenters. The maximum atomic E-state index is 14.5. The third kappa shape index (κ3) is 11.3. The average Bonchev–Trinajstić information content (AvgIpc) is 1.62. The van der Waals surface area contributed by atoms with E-state index in [1.165, 1.54) is 116 Å². The van der Waals surface area contributed by atoms with Crippen LogP contribution in [0.4, 0.5) is 17.1 Å². The number of anilines is 3. The van der Waals surface area contributed by atoms with E-state index < -0.39 is 70.8 Å². The van der Waals surface area contributed by atoms with E-state index in [4.69, 9.17) is 18.9 Å². The second kappa shape index (κ2) is 25.0. The molecule has 8 amide bonds. The molecule has 0 saturated carbocycles. The molecule has 20 nitrogen and oxygen atoms in total. The van der Waals surface area contributed by atoms with Crippen molar-refractivity contribution in [2.24, 2.45) is 0 Å². The SMILES string of the molecule is C=CC(=O)Oc1cc(-c2ccc(N3C(=O)c4ccc(C(=O)c5ccc6c(c5)C(=O)N(c5ccc(Oc7ccc(C(C)(C)c8ccc(Oc9ccc(C)cc9)cc8)cc7)cc5)C6=O)cc4C3=O)c(OC(=O)C=C)c2)ccc1N1C(=O)c2ccc(C(=O)c3ccc4c(c3)C(=O)N(C)C4=O)cc2C1=O. The standard InChI is InChI=1S/C81H52N4O16/c1-7-69(86)100-67-41-44(15-35-65(67)84-76(93)59-33-13-48(39-63(59)79(84)96)71(88)46-11-31-57-61(37-46)74(91)82(6)73(57)90)45-16-36-66(68(42-45)101-70(87)8-2)85-77(94)60-34-14-49(40-64(60)80(85)97)72(89)47-12-32-58-62(38-47)78(95)83(75(58)92)52-21-29-56(30-22-52)99-55-27-19-51(20-28-55)81(4,5)50-17-25-54(26-18-50)98-53-23-9-43(3)10-24-53/h7-42H,1-2H2,3-6H3. The van der Waals surface area contributed by atoms with Gasteiger partial charge in [-0.15, -0.1) is 0 Å². The highest BCUT2D eigenvalue weighted by molar-refractivity contribution is 6.37. The number of hydrogen-bond donors (Lipinski definition) is 0. The lowest BCUT2D eigenvalue weighted by atomic mass is 9.78. The number of fused-ring (bicyclic) bond motifs is 4. The number of ketones is 2. The lowest BCUT2D eigenvalue weighted by Gasteiger charge is -2.26. The predicted molar refractivity (Wildman–Crippen MR) is 369 cm³/mol. The Labute approximate surface area is 575 Å². The molecule has 0 bridgehead atoms. The minimum absolute atomic E-state index is 0.00202. The number of benzene rings is 10. The summed E-state index contributed by atoms with van der Waals surface area (Å²) in [6.07, 6.45) is 1.69. The quantitative estimate of drug-likeness (QED) is 0.0254. The molecular formula is C81H52N4O16. The molecule has 101 heavy (non-hydrogen) atoms. The van der Waals surface area contributed by atoms with Gasteiger partial charge in [0.25, 0.3) is 47.3 Å². The van der Waals surface area contributed by atoms with E-state index in [0.29, 0.717) is 11.5 Å². The zero-order valence-corrected chi connectivity index (χ0v) is 54.0. The van der Waals surface area contributed by atoms with E-state index >= 15 is 0 Å². The van der Waals surface area contributed by atoms with Gasteiger partial charge in [0.15, 0.2) is 23.1 Å². The maximum Gasteiger partial charge on any atom is 0.335 e. The number of nitrogens with zero attached hydrogens (tertiary/aromatic N) is 4. The fourth-order valence-corrected chi connectivity index (χ4v) is 12.5. The van der Waals surface area contributed by atoms with Crippen molar-refractivity contribution in [3.05, 3.63) is 315 Å². The van der Waals surface area contributed by atoms with Gasteiger partial charge in [-0.3, -0.25) is 52.8 Å². The van der Waals surface area contributed by atoms with Crippen molar-refractivity contribution >= 4 is 87.8 Å². The van der Waals surface area contributed by atoms with Crippen LogP contribution in [0.1, 0.15) is 145 Å². The van der Waals surface area contributed by atoms with E-state index in [1.54, 1.807) is 24.3 Å². The van der Waals surface area contributed by atoms with Crippen molar-refractivity contribution in [1.82, 2.24) is 4.90 Å². The zero-order valence-electron chi connectivity index (χ0n) is 54.0. The first-order valence-electron chi connectivity index (χ1n) is 31.3. The van der Waals surface area contributed by atoms with E-state index in [9.17, 15) is 57.5 Å². The third-order valence-corrected chi connectivity index (χ3v) is 18.0. The van der Waals surface area contributed by atoms with Crippen LogP contribution in [-0.4, -0.2) is 82.7 Å². The molecule has 0 unspecified atom stereocenters. The van der Waals surface area contributed by atoms with E-state index in [0.717, 1.165) is 59.9 Å². The highest BCUT2D eigenvalue weighted by Gasteiger charge is 2.43. The summed E-state index contributed by atoms with van der Waals surface area (Å²) >= 11 is 0. The van der Waals surface area contributed by atoms with Gasteiger partial charge in [-0.25, -0.2) is 24.3 Å². The Kier molecular flexibility index (Phi) is 15.9. The van der Waals surface area contributed by atoms with Crippen LogP contribution in [0.2, 0.25) is 0 Å².